The summed E-state index contributed by atoms with van der Waals surface area (Å²) in [7, 11) is 1.60. The van der Waals surface area contributed by atoms with Crippen molar-refractivity contribution in [2.75, 3.05) is 48.5 Å². The lowest BCUT2D eigenvalue weighted by atomic mass is 9.49. The zero-order valence-electron chi connectivity index (χ0n) is 24.8. The quantitative estimate of drug-likeness (QED) is 0.192. The molecule has 2 aromatic rings. The Morgan fingerprint density at radius 2 is 1.43 bits per heavy atom. The minimum Gasteiger partial charge on any atom is -0.493 e. The van der Waals surface area contributed by atoms with Crippen LogP contribution in [0.25, 0.3) is 0 Å². The molecule has 1 aromatic carbocycles. The van der Waals surface area contributed by atoms with Gasteiger partial charge in [-0.05, 0) is 119 Å². The second-order valence-corrected chi connectivity index (χ2v) is 13.2. The number of aromatic nitrogens is 3. The number of carbonyl (C=O) groups is 1. The molecule has 6 aliphatic rings. The molecule has 4 bridgehead atoms. The summed E-state index contributed by atoms with van der Waals surface area (Å²) in [5.41, 5.74) is 3.54. The average Bonchev–Trinajstić information content (AvgIpc) is 3.02. The van der Waals surface area contributed by atoms with E-state index in [1.165, 1.54) is 32.1 Å². The van der Waals surface area contributed by atoms with Gasteiger partial charge in [0.05, 0.1) is 18.7 Å². The van der Waals surface area contributed by atoms with Gasteiger partial charge >= 0.3 is 5.97 Å². The minimum absolute atomic E-state index is 0.0770. The van der Waals surface area contributed by atoms with Crippen LogP contribution in [0.4, 0.5) is 17.8 Å². The zero-order valence-corrected chi connectivity index (χ0v) is 24.8. The molecule has 10 heteroatoms. The monoisotopic (exact) mass is 573 g/mol. The number of esters is 1. The first kappa shape index (κ1) is 27.4. The highest BCUT2D eigenvalue weighted by Crippen LogP contribution is 2.60. The van der Waals surface area contributed by atoms with Gasteiger partial charge in [0.15, 0.2) is 11.5 Å². The lowest BCUT2D eigenvalue weighted by Crippen LogP contribution is -2.51. The normalized spacial score (nSPS) is 28.7. The number of hydrogen-bond donors (Lipinski definition) is 1. The van der Waals surface area contributed by atoms with Crippen LogP contribution in [0, 0.1) is 23.2 Å². The molecule has 42 heavy (non-hydrogen) atoms. The topological polar surface area (TPSA) is 105 Å². The summed E-state index contributed by atoms with van der Waals surface area (Å²) < 4.78 is 11.7. The van der Waals surface area contributed by atoms with Crippen LogP contribution in [0.3, 0.4) is 0 Å². The molecule has 0 spiro atoms. The molecule has 0 unspecified atom stereocenters. The number of benzene rings is 1. The number of nitrogens with zero attached hydrogens (tertiary/aromatic N) is 6. The molecule has 4 saturated carbocycles. The van der Waals surface area contributed by atoms with Gasteiger partial charge in [-0.25, -0.2) is 5.43 Å². The Balaban J connectivity index is 1.05. The van der Waals surface area contributed by atoms with Gasteiger partial charge in [-0.1, -0.05) is 0 Å². The fraction of sp³-hybridized carbons (Fsp3) is 0.656. The molecule has 8 rings (SSSR count). The second-order valence-electron chi connectivity index (χ2n) is 13.2. The highest BCUT2D eigenvalue weighted by Gasteiger charge is 2.55. The van der Waals surface area contributed by atoms with E-state index in [1.54, 1.807) is 13.3 Å². The number of piperidine rings is 2. The Morgan fingerprint density at radius 3 is 1.98 bits per heavy atom. The largest absolute Gasteiger partial charge is 0.493 e. The third-order valence-corrected chi connectivity index (χ3v) is 10.1. The number of ether oxygens (including phenoxy) is 2. The van der Waals surface area contributed by atoms with E-state index in [9.17, 15) is 4.79 Å². The number of carbonyl (C=O) groups excluding carboxylic acids is 1. The average molecular weight is 574 g/mol. The summed E-state index contributed by atoms with van der Waals surface area (Å²) in [4.78, 5) is 32.3. The molecule has 2 aliphatic heterocycles. The van der Waals surface area contributed by atoms with Crippen LogP contribution in [0.15, 0.2) is 23.3 Å². The van der Waals surface area contributed by atoms with Gasteiger partial charge in [-0.3, -0.25) is 4.79 Å². The van der Waals surface area contributed by atoms with Gasteiger partial charge in [0.2, 0.25) is 17.8 Å². The van der Waals surface area contributed by atoms with Crippen LogP contribution in [0.5, 0.6) is 11.5 Å². The number of hydrazone groups is 1. The van der Waals surface area contributed by atoms with Crippen molar-refractivity contribution in [3.8, 4) is 11.5 Å². The van der Waals surface area contributed by atoms with E-state index in [1.807, 2.05) is 18.2 Å². The van der Waals surface area contributed by atoms with Gasteiger partial charge in [0, 0.05) is 26.2 Å². The highest BCUT2D eigenvalue weighted by molar-refractivity contribution is 5.83. The molecule has 0 radical (unpaired) electrons. The van der Waals surface area contributed by atoms with Crippen LogP contribution in [0.1, 0.15) is 82.6 Å². The van der Waals surface area contributed by atoms with Crippen molar-refractivity contribution >= 4 is 30.0 Å². The maximum atomic E-state index is 13.5. The van der Waals surface area contributed by atoms with Gasteiger partial charge in [0.25, 0.3) is 0 Å². The molecule has 2 saturated heterocycles. The van der Waals surface area contributed by atoms with E-state index in [2.05, 4.69) is 20.3 Å². The van der Waals surface area contributed by atoms with Gasteiger partial charge in [-0.15, -0.1) is 0 Å². The van der Waals surface area contributed by atoms with Crippen molar-refractivity contribution in [1.82, 2.24) is 15.0 Å². The van der Waals surface area contributed by atoms with Crippen LogP contribution in [0.2, 0.25) is 0 Å². The summed E-state index contributed by atoms with van der Waals surface area (Å²) in [6.45, 7) is 3.86. The molecule has 4 aliphatic carbocycles. The van der Waals surface area contributed by atoms with E-state index in [0.717, 1.165) is 88.6 Å². The molecule has 224 valence electrons. The SMILES string of the molecule is COc1cc(C=NNc2nc(N3CCCCC3)nc(N3CCCCC3)n2)ccc1OC(=O)C12CC3CC(CC(C3)C1)C2. The van der Waals surface area contributed by atoms with Gasteiger partial charge < -0.3 is 19.3 Å². The Morgan fingerprint density at radius 1 is 0.857 bits per heavy atom. The summed E-state index contributed by atoms with van der Waals surface area (Å²) in [6, 6.07) is 5.55. The Hall–Kier alpha value is -3.43. The molecule has 10 nitrogen and oxygen atoms in total. The molecule has 3 heterocycles. The van der Waals surface area contributed by atoms with Crippen molar-refractivity contribution in [3.05, 3.63) is 23.8 Å². The zero-order chi connectivity index (χ0) is 28.5. The van der Waals surface area contributed by atoms with Crippen LogP contribution in [-0.4, -0.2) is 60.4 Å². The fourth-order valence-corrected chi connectivity index (χ4v) is 8.46. The lowest BCUT2D eigenvalue weighted by molar-refractivity contribution is -0.161. The maximum absolute atomic E-state index is 13.5. The van der Waals surface area contributed by atoms with Crippen LogP contribution >= 0.6 is 0 Å². The van der Waals surface area contributed by atoms with E-state index < -0.39 is 0 Å². The van der Waals surface area contributed by atoms with E-state index in [0.29, 0.717) is 35.2 Å². The third kappa shape index (κ3) is 5.64. The van der Waals surface area contributed by atoms with Crippen molar-refractivity contribution < 1.29 is 14.3 Å². The number of anilines is 3. The van der Waals surface area contributed by atoms with Gasteiger partial charge in [0.1, 0.15) is 0 Å². The van der Waals surface area contributed by atoms with Crippen molar-refractivity contribution in [3.63, 3.8) is 0 Å². The minimum atomic E-state index is -0.311. The number of hydrogen-bond acceptors (Lipinski definition) is 10. The summed E-state index contributed by atoms with van der Waals surface area (Å²) in [5.74, 6) is 4.86. The Bertz CT molecular complexity index is 1250. The van der Waals surface area contributed by atoms with Gasteiger partial charge in [-0.2, -0.15) is 20.1 Å². The fourth-order valence-electron chi connectivity index (χ4n) is 8.46. The van der Waals surface area contributed by atoms with Crippen molar-refractivity contribution in [1.29, 1.82) is 0 Å². The predicted molar refractivity (Wildman–Crippen MR) is 162 cm³/mol. The summed E-state index contributed by atoms with van der Waals surface area (Å²) in [6.07, 6.45) is 15.6. The Kier molecular flexibility index (Phi) is 7.63. The molecular weight excluding hydrogens is 530 g/mol. The number of methoxy groups -OCH3 is 1. The number of nitrogens with one attached hydrogen (secondary N) is 1. The molecule has 1 N–H and O–H groups in total. The smallest absolute Gasteiger partial charge is 0.317 e. The first-order valence-electron chi connectivity index (χ1n) is 16.0. The van der Waals surface area contributed by atoms with Crippen LogP contribution in [-0.2, 0) is 4.79 Å². The predicted octanol–water partition coefficient (Wildman–Crippen LogP) is 5.43. The maximum Gasteiger partial charge on any atom is 0.317 e. The first-order chi connectivity index (χ1) is 20.6. The molecule has 1 aromatic heterocycles. The standard InChI is InChI=1S/C32H43N7O3/c1-41-27-17-22(8-9-26(27)42-28(40)32-18-23-14-24(19-32)16-25(15-23)20-32)21-33-37-29-34-30(38-10-4-2-5-11-38)36-31(35-29)39-12-6-3-7-13-39/h8-9,17,21,23-25H,2-7,10-16,18-20H2,1H3,(H,34,35,36,37). The molecular formula is C32H43N7O3. The number of rotatable bonds is 8. The summed E-state index contributed by atoms with van der Waals surface area (Å²) >= 11 is 0. The van der Waals surface area contributed by atoms with E-state index >= 15 is 0 Å². The van der Waals surface area contributed by atoms with Crippen molar-refractivity contribution in [2.45, 2.75) is 77.0 Å². The lowest BCUT2D eigenvalue weighted by Gasteiger charge is -2.55. The molecule has 6 fully saturated rings. The third-order valence-electron chi connectivity index (χ3n) is 10.1. The second kappa shape index (κ2) is 11.7. The van der Waals surface area contributed by atoms with Crippen molar-refractivity contribution in [2.24, 2.45) is 28.3 Å². The molecule has 0 amide bonds. The molecule has 0 atom stereocenters. The first-order valence-corrected chi connectivity index (χ1v) is 16.0. The van der Waals surface area contributed by atoms with E-state index in [-0.39, 0.29) is 11.4 Å². The highest BCUT2D eigenvalue weighted by atomic mass is 16.6. The Labute approximate surface area is 248 Å². The van der Waals surface area contributed by atoms with E-state index in [4.69, 9.17) is 24.4 Å². The van der Waals surface area contributed by atoms with Crippen LogP contribution < -0.4 is 24.7 Å². The summed E-state index contributed by atoms with van der Waals surface area (Å²) in [5, 5.41) is 4.45.